The summed E-state index contributed by atoms with van der Waals surface area (Å²) >= 11 is 0. The van der Waals surface area contributed by atoms with E-state index >= 15 is 0 Å². The van der Waals surface area contributed by atoms with Crippen LogP contribution >= 0.6 is 0 Å². The van der Waals surface area contributed by atoms with E-state index in [4.69, 9.17) is 10.5 Å². The molecular weight excluding hydrogens is 292 g/mol. The van der Waals surface area contributed by atoms with Gasteiger partial charge in [-0.1, -0.05) is 0 Å². The van der Waals surface area contributed by atoms with Crippen molar-refractivity contribution < 1.29 is 4.74 Å². The number of rotatable bonds is 3. The summed E-state index contributed by atoms with van der Waals surface area (Å²) in [6.45, 7) is 9.13. The molecule has 0 aromatic heterocycles. The number of ether oxygens (including phenoxy) is 1. The Morgan fingerprint density at radius 3 is 2.61 bits per heavy atom. The van der Waals surface area contributed by atoms with Gasteiger partial charge in [-0.05, 0) is 50.1 Å². The molecule has 0 amide bonds. The SMILES string of the molecule is CC(C)N1CCC2(CC1)CN(c1ccc(N=O)c(N)c1)CCO2. The first-order chi connectivity index (χ1) is 11.0. The minimum absolute atomic E-state index is 0.0556. The van der Waals surface area contributed by atoms with Crippen LogP contribution in [-0.4, -0.2) is 49.3 Å². The maximum Gasteiger partial charge on any atom is 0.131 e. The Kier molecular flexibility index (Phi) is 4.55. The number of benzene rings is 1. The molecule has 6 heteroatoms. The van der Waals surface area contributed by atoms with Gasteiger partial charge >= 0.3 is 0 Å². The summed E-state index contributed by atoms with van der Waals surface area (Å²) in [5, 5.41) is 2.94. The van der Waals surface area contributed by atoms with Crippen LogP contribution in [0, 0.1) is 4.91 Å². The average Bonchev–Trinajstić information content (AvgIpc) is 2.55. The number of hydrogen-bond donors (Lipinski definition) is 1. The van der Waals surface area contributed by atoms with E-state index in [0.29, 0.717) is 17.4 Å². The number of piperidine rings is 1. The molecule has 2 aliphatic rings. The van der Waals surface area contributed by atoms with Crippen LogP contribution in [0.4, 0.5) is 17.1 Å². The Hall–Kier alpha value is -1.66. The van der Waals surface area contributed by atoms with Gasteiger partial charge in [0.05, 0.1) is 17.9 Å². The molecule has 2 aliphatic heterocycles. The summed E-state index contributed by atoms with van der Waals surface area (Å²) < 4.78 is 6.19. The highest BCUT2D eigenvalue weighted by atomic mass is 16.5. The molecule has 0 saturated carbocycles. The average molecular weight is 318 g/mol. The molecule has 2 fully saturated rings. The largest absolute Gasteiger partial charge is 0.397 e. The van der Waals surface area contributed by atoms with Crippen LogP contribution in [0.2, 0.25) is 0 Å². The summed E-state index contributed by atoms with van der Waals surface area (Å²) in [4.78, 5) is 15.5. The fraction of sp³-hybridized carbons (Fsp3) is 0.647. The zero-order chi connectivity index (χ0) is 16.4. The predicted molar refractivity (Wildman–Crippen MR) is 93.1 cm³/mol. The molecule has 1 spiro atoms. The van der Waals surface area contributed by atoms with Crippen LogP contribution in [0.1, 0.15) is 26.7 Å². The van der Waals surface area contributed by atoms with Crippen molar-refractivity contribution in [3.8, 4) is 0 Å². The Labute approximate surface area is 137 Å². The molecule has 6 nitrogen and oxygen atoms in total. The number of morpholine rings is 1. The molecule has 0 unspecified atom stereocenters. The van der Waals surface area contributed by atoms with E-state index in [1.807, 2.05) is 12.1 Å². The number of nitroso groups, excluding NO2 is 1. The van der Waals surface area contributed by atoms with Gasteiger partial charge in [0.1, 0.15) is 5.69 Å². The van der Waals surface area contributed by atoms with E-state index in [1.54, 1.807) is 6.07 Å². The Morgan fingerprint density at radius 2 is 2.00 bits per heavy atom. The Balaban J connectivity index is 1.71. The summed E-state index contributed by atoms with van der Waals surface area (Å²) in [5.74, 6) is 0. The second-order valence-electron chi connectivity index (χ2n) is 6.92. The highest BCUT2D eigenvalue weighted by Gasteiger charge is 2.40. The van der Waals surface area contributed by atoms with Crippen LogP contribution in [0.25, 0.3) is 0 Å². The standard InChI is InChI=1S/C17H26N4O2/c1-13(2)20-7-5-17(6-8-20)12-21(9-10-23-17)14-3-4-16(19-22)15(18)11-14/h3-4,11,13H,5-10,12,18H2,1-2H3. The van der Waals surface area contributed by atoms with Crippen molar-refractivity contribution in [2.24, 2.45) is 5.18 Å². The van der Waals surface area contributed by atoms with Crippen LogP contribution < -0.4 is 10.6 Å². The lowest BCUT2D eigenvalue weighted by molar-refractivity contribution is -0.0943. The summed E-state index contributed by atoms with van der Waals surface area (Å²) in [7, 11) is 0. The van der Waals surface area contributed by atoms with Crippen molar-refractivity contribution in [1.82, 2.24) is 4.90 Å². The smallest absolute Gasteiger partial charge is 0.131 e. The molecule has 0 bridgehead atoms. The molecule has 2 heterocycles. The molecule has 2 saturated heterocycles. The number of nitrogen functional groups attached to an aromatic ring is 1. The Morgan fingerprint density at radius 1 is 1.26 bits per heavy atom. The maximum absolute atomic E-state index is 10.7. The minimum Gasteiger partial charge on any atom is -0.397 e. The lowest BCUT2D eigenvalue weighted by Gasteiger charge is -2.48. The fourth-order valence-corrected chi connectivity index (χ4v) is 3.64. The first kappa shape index (κ1) is 16.2. The third kappa shape index (κ3) is 3.33. The van der Waals surface area contributed by atoms with Crippen LogP contribution in [0.15, 0.2) is 23.4 Å². The lowest BCUT2D eigenvalue weighted by Crippen LogP contribution is -2.57. The number of anilines is 2. The third-order valence-electron chi connectivity index (χ3n) is 5.16. The molecule has 1 aromatic carbocycles. The monoisotopic (exact) mass is 318 g/mol. The number of likely N-dealkylation sites (tertiary alicyclic amines) is 1. The molecule has 0 radical (unpaired) electrons. The van der Waals surface area contributed by atoms with Crippen LogP contribution in [0.5, 0.6) is 0 Å². The quantitative estimate of drug-likeness (QED) is 0.685. The topological polar surface area (TPSA) is 71.2 Å². The highest BCUT2D eigenvalue weighted by Crippen LogP contribution is 2.34. The van der Waals surface area contributed by atoms with Gasteiger partial charge in [0.15, 0.2) is 0 Å². The molecule has 126 valence electrons. The first-order valence-corrected chi connectivity index (χ1v) is 8.39. The molecule has 2 N–H and O–H groups in total. The third-order valence-corrected chi connectivity index (χ3v) is 5.16. The van der Waals surface area contributed by atoms with Gasteiger partial charge in [0.25, 0.3) is 0 Å². The van der Waals surface area contributed by atoms with Gasteiger partial charge in [0.2, 0.25) is 0 Å². The summed E-state index contributed by atoms with van der Waals surface area (Å²) in [5.41, 5.74) is 7.64. The number of hydrogen-bond acceptors (Lipinski definition) is 6. The normalized spacial score (nSPS) is 21.8. The van der Waals surface area contributed by atoms with Crippen molar-refractivity contribution in [1.29, 1.82) is 0 Å². The van der Waals surface area contributed by atoms with Crippen molar-refractivity contribution in [3.05, 3.63) is 23.1 Å². The van der Waals surface area contributed by atoms with E-state index < -0.39 is 0 Å². The fourth-order valence-electron chi connectivity index (χ4n) is 3.64. The number of nitrogens with two attached hydrogens (primary N) is 1. The molecule has 0 atom stereocenters. The van der Waals surface area contributed by atoms with E-state index in [0.717, 1.165) is 51.3 Å². The molecule has 3 rings (SSSR count). The lowest BCUT2D eigenvalue weighted by atomic mass is 9.88. The Bertz CT molecular complexity index is 568. The summed E-state index contributed by atoms with van der Waals surface area (Å²) in [6.07, 6.45) is 2.12. The van der Waals surface area contributed by atoms with Gasteiger partial charge in [-0.15, -0.1) is 4.91 Å². The van der Waals surface area contributed by atoms with Crippen molar-refractivity contribution in [2.45, 2.75) is 38.3 Å². The van der Waals surface area contributed by atoms with Gasteiger partial charge in [0, 0.05) is 37.9 Å². The first-order valence-electron chi connectivity index (χ1n) is 8.39. The van der Waals surface area contributed by atoms with E-state index in [9.17, 15) is 4.91 Å². The van der Waals surface area contributed by atoms with Gasteiger partial charge in [-0.25, -0.2) is 0 Å². The zero-order valence-corrected chi connectivity index (χ0v) is 14.0. The van der Waals surface area contributed by atoms with Crippen molar-refractivity contribution in [2.75, 3.05) is 43.4 Å². The summed E-state index contributed by atoms with van der Waals surface area (Å²) in [6, 6.07) is 6.06. The molecule has 0 aliphatic carbocycles. The second-order valence-corrected chi connectivity index (χ2v) is 6.92. The van der Waals surface area contributed by atoms with Gasteiger partial charge in [-0.2, -0.15) is 0 Å². The van der Waals surface area contributed by atoms with Crippen LogP contribution in [-0.2, 0) is 4.74 Å². The predicted octanol–water partition coefficient (Wildman–Crippen LogP) is 2.75. The molecular formula is C17H26N4O2. The molecule has 1 aromatic rings. The second kappa shape index (κ2) is 6.45. The highest BCUT2D eigenvalue weighted by molar-refractivity contribution is 5.69. The van der Waals surface area contributed by atoms with Crippen molar-refractivity contribution >= 4 is 17.1 Å². The van der Waals surface area contributed by atoms with Crippen molar-refractivity contribution in [3.63, 3.8) is 0 Å². The van der Waals surface area contributed by atoms with E-state index in [-0.39, 0.29) is 5.60 Å². The van der Waals surface area contributed by atoms with E-state index in [2.05, 4.69) is 28.8 Å². The zero-order valence-electron chi connectivity index (χ0n) is 14.0. The minimum atomic E-state index is -0.0556. The van der Waals surface area contributed by atoms with E-state index in [1.165, 1.54) is 0 Å². The van der Waals surface area contributed by atoms with Gasteiger partial charge < -0.3 is 20.3 Å². The maximum atomic E-state index is 10.7. The van der Waals surface area contributed by atoms with Gasteiger partial charge in [-0.3, -0.25) is 0 Å². The molecule has 23 heavy (non-hydrogen) atoms. The van der Waals surface area contributed by atoms with Crippen LogP contribution in [0.3, 0.4) is 0 Å². The number of nitrogens with zero attached hydrogens (tertiary/aromatic N) is 3.